The average molecular weight is 335 g/mol. The minimum Gasteiger partial charge on any atom is -0.342 e. The number of hydrogen-bond donors (Lipinski definition) is 2. The number of thiazole rings is 1. The van der Waals surface area contributed by atoms with Crippen LogP contribution < -0.4 is 15.8 Å². The van der Waals surface area contributed by atoms with Gasteiger partial charge in [0.2, 0.25) is 5.13 Å². The average Bonchev–Trinajstić information content (AvgIpc) is 3.07. The van der Waals surface area contributed by atoms with Crippen molar-refractivity contribution in [2.75, 3.05) is 5.01 Å². The maximum Gasteiger partial charge on any atom is 0.207 e. The summed E-state index contributed by atoms with van der Waals surface area (Å²) in [4.78, 5) is 4.71. The molecule has 1 saturated heterocycles. The Balaban J connectivity index is 1.86. The van der Waals surface area contributed by atoms with E-state index < -0.39 is 0 Å². The molecule has 1 fully saturated rings. The molecule has 1 aromatic heterocycles. The molecular formula is C16H22N4S2. The minimum absolute atomic E-state index is 0.125. The lowest BCUT2D eigenvalue weighted by atomic mass is 9.98. The molecule has 0 bridgehead atoms. The number of hydrazine groups is 1. The van der Waals surface area contributed by atoms with Crippen LogP contribution in [0, 0.1) is 0 Å². The number of rotatable bonds is 6. The van der Waals surface area contributed by atoms with Gasteiger partial charge in [-0.1, -0.05) is 50.2 Å². The maximum absolute atomic E-state index is 5.56. The Kier molecular flexibility index (Phi) is 4.61. The molecule has 2 heterocycles. The van der Waals surface area contributed by atoms with E-state index in [1.807, 2.05) is 23.2 Å². The summed E-state index contributed by atoms with van der Waals surface area (Å²) >= 11 is 7.23. The van der Waals surface area contributed by atoms with E-state index >= 15 is 0 Å². The van der Waals surface area contributed by atoms with Gasteiger partial charge in [0.1, 0.15) is 5.66 Å². The lowest BCUT2D eigenvalue weighted by Crippen LogP contribution is -2.51. The summed E-state index contributed by atoms with van der Waals surface area (Å²) in [6, 6.07) is 8.20. The number of hydrogen-bond acceptors (Lipinski definition) is 4. The fraction of sp³-hybridized carbons (Fsp3) is 0.500. The van der Waals surface area contributed by atoms with Crippen LogP contribution in [0.15, 0.2) is 24.3 Å². The first-order valence-electron chi connectivity index (χ1n) is 7.93. The number of thiocarbonyl (C=S) groups is 1. The highest BCUT2D eigenvalue weighted by atomic mass is 32.1. The number of anilines is 1. The number of nitrogens with one attached hydrogen (secondary N) is 2. The summed E-state index contributed by atoms with van der Waals surface area (Å²) in [5.41, 5.74) is 4.49. The zero-order chi connectivity index (χ0) is 15.6. The second kappa shape index (κ2) is 6.48. The predicted molar refractivity (Wildman–Crippen MR) is 98.1 cm³/mol. The monoisotopic (exact) mass is 334 g/mol. The number of para-hydroxylation sites is 1. The van der Waals surface area contributed by atoms with Crippen molar-refractivity contribution in [2.24, 2.45) is 0 Å². The van der Waals surface area contributed by atoms with E-state index in [9.17, 15) is 0 Å². The Morgan fingerprint density at radius 2 is 2.05 bits per heavy atom. The van der Waals surface area contributed by atoms with Gasteiger partial charge >= 0.3 is 0 Å². The second-order valence-corrected chi connectivity index (χ2v) is 7.17. The van der Waals surface area contributed by atoms with E-state index in [-0.39, 0.29) is 5.66 Å². The minimum atomic E-state index is -0.125. The van der Waals surface area contributed by atoms with Crippen LogP contribution in [0.4, 0.5) is 5.13 Å². The largest absolute Gasteiger partial charge is 0.342 e. The Morgan fingerprint density at radius 1 is 1.23 bits per heavy atom. The smallest absolute Gasteiger partial charge is 0.207 e. The van der Waals surface area contributed by atoms with Crippen LogP contribution in [0.25, 0.3) is 10.2 Å². The summed E-state index contributed by atoms with van der Waals surface area (Å²) < 4.78 is 1.18. The first-order valence-corrected chi connectivity index (χ1v) is 9.15. The van der Waals surface area contributed by atoms with E-state index in [2.05, 4.69) is 30.7 Å². The van der Waals surface area contributed by atoms with Gasteiger partial charge in [0, 0.05) is 0 Å². The number of fused-ring (bicyclic) bond motifs is 1. The van der Waals surface area contributed by atoms with Gasteiger partial charge in [-0.15, -0.1) is 0 Å². The molecule has 6 heteroatoms. The molecule has 3 rings (SSSR count). The molecule has 4 nitrogen and oxygen atoms in total. The van der Waals surface area contributed by atoms with Crippen molar-refractivity contribution in [3.05, 3.63) is 24.3 Å². The van der Waals surface area contributed by atoms with Crippen LogP contribution in [-0.4, -0.2) is 15.8 Å². The number of aromatic nitrogens is 1. The van der Waals surface area contributed by atoms with E-state index in [4.69, 9.17) is 17.2 Å². The highest BCUT2D eigenvalue weighted by molar-refractivity contribution is 7.80. The van der Waals surface area contributed by atoms with Gasteiger partial charge in [-0.2, -0.15) is 0 Å². The van der Waals surface area contributed by atoms with E-state index in [1.54, 1.807) is 11.3 Å². The third kappa shape index (κ3) is 2.95. The molecule has 1 atom stereocenters. The van der Waals surface area contributed by atoms with Crippen molar-refractivity contribution in [1.82, 2.24) is 15.7 Å². The van der Waals surface area contributed by atoms with Crippen molar-refractivity contribution in [1.29, 1.82) is 0 Å². The van der Waals surface area contributed by atoms with Crippen LogP contribution >= 0.6 is 23.6 Å². The Hall–Kier alpha value is -1.24. The van der Waals surface area contributed by atoms with Gasteiger partial charge in [0.25, 0.3) is 0 Å². The fourth-order valence-corrected chi connectivity index (χ4v) is 4.23. The number of benzene rings is 1. The van der Waals surface area contributed by atoms with Crippen LogP contribution in [0.2, 0.25) is 0 Å². The van der Waals surface area contributed by atoms with Gasteiger partial charge in [-0.3, -0.25) is 0 Å². The molecule has 2 aromatic rings. The second-order valence-electron chi connectivity index (χ2n) is 5.78. The van der Waals surface area contributed by atoms with Gasteiger partial charge < -0.3 is 5.32 Å². The summed E-state index contributed by atoms with van der Waals surface area (Å²) in [5.74, 6) is 0. The standard InChI is InChI=1S/C16H22N4S2/c1-3-5-11-16(10-4-2)18-14(21)20(19-16)15-17-12-8-6-7-9-13(12)22-15/h6-9,19H,3-5,10-11H2,1-2H3,(H,18,21). The highest BCUT2D eigenvalue weighted by Crippen LogP contribution is 2.32. The predicted octanol–water partition coefficient (Wildman–Crippen LogP) is 4.18. The van der Waals surface area contributed by atoms with Crippen molar-refractivity contribution < 1.29 is 0 Å². The lowest BCUT2D eigenvalue weighted by Gasteiger charge is -2.29. The summed E-state index contributed by atoms with van der Waals surface area (Å²) in [6.45, 7) is 4.43. The molecule has 2 N–H and O–H groups in total. The zero-order valence-electron chi connectivity index (χ0n) is 13.1. The van der Waals surface area contributed by atoms with Crippen molar-refractivity contribution in [3.63, 3.8) is 0 Å². The first-order chi connectivity index (χ1) is 10.7. The molecule has 1 aliphatic rings. The number of nitrogens with zero attached hydrogens (tertiary/aromatic N) is 2. The summed E-state index contributed by atoms with van der Waals surface area (Å²) in [5, 5.41) is 7.09. The molecule has 0 aliphatic carbocycles. The van der Waals surface area contributed by atoms with Crippen LogP contribution in [-0.2, 0) is 0 Å². The highest BCUT2D eigenvalue weighted by Gasteiger charge is 2.40. The molecule has 1 aliphatic heterocycles. The van der Waals surface area contributed by atoms with Gasteiger partial charge in [-0.25, -0.2) is 15.4 Å². The van der Waals surface area contributed by atoms with Crippen LogP contribution in [0.5, 0.6) is 0 Å². The Labute approximate surface area is 140 Å². The quantitative estimate of drug-likeness (QED) is 0.776. The third-order valence-corrected chi connectivity index (χ3v) is 5.29. The van der Waals surface area contributed by atoms with Gasteiger partial charge in [-0.05, 0) is 43.6 Å². The third-order valence-electron chi connectivity index (χ3n) is 3.98. The molecule has 0 amide bonds. The maximum atomic E-state index is 5.56. The molecule has 1 aromatic carbocycles. The van der Waals surface area contributed by atoms with Gasteiger partial charge in [0.15, 0.2) is 5.11 Å². The summed E-state index contributed by atoms with van der Waals surface area (Å²) in [7, 11) is 0. The molecule has 22 heavy (non-hydrogen) atoms. The molecule has 1 unspecified atom stereocenters. The van der Waals surface area contributed by atoms with Gasteiger partial charge in [0.05, 0.1) is 10.2 Å². The normalized spacial score (nSPS) is 21.5. The Bertz CT molecular complexity index is 636. The number of unbranched alkanes of at least 4 members (excludes halogenated alkanes) is 1. The van der Waals surface area contributed by atoms with Crippen molar-refractivity contribution >= 4 is 44.0 Å². The zero-order valence-corrected chi connectivity index (χ0v) is 14.7. The molecule has 0 spiro atoms. The van der Waals surface area contributed by atoms with E-state index in [0.717, 1.165) is 35.0 Å². The molecule has 0 saturated carbocycles. The topological polar surface area (TPSA) is 40.2 Å². The van der Waals surface area contributed by atoms with E-state index in [0.29, 0.717) is 0 Å². The SMILES string of the molecule is CCCCC1(CCC)NC(=S)N(c2nc3ccccc3s2)N1. The van der Waals surface area contributed by atoms with Crippen LogP contribution in [0.3, 0.4) is 0 Å². The van der Waals surface area contributed by atoms with Crippen molar-refractivity contribution in [2.45, 2.75) is 51.6 Å². The fourth-order valence-electron chi connectivity index (χ4n) is 2.91. The van der Waals surface area contributed by atoms with E-state index in [1.165, 1.54) is 17.5 Å². The Morgan fingerprint density at radius 3 is 2.77 bits per heavy atom. The first kappa shape index (κ1) is 15.6. The molecule has 118 valence electrons. The molecule has 0 radical (unpaired) electrons. The van der Waals surface area contributed by atoms with Crippen LogP contribution in [0.1, 0.15) is 46.0 Å². The lowest BCUT2D eigenvalue weighted by molar-refractivity contribution is 0.281. The molecular weight excluding hydrogens is 312 g/mol. The van der Waals surface area contributed by atoms with Crippen molar-refractivity contribution in [3.8, 4) is 0 Å². The summed E-state index contributed by atoms with van der Waals surface area (Å²) in [6.07, 6.45) is 5.59.